The predicted molar refractivity (Wildman–Crippen MR) is 93.1 cm³/mol. The van der Waals surface area contributed by atoms with Crippen molar-refractivity contribution in [2.75, 3.05) is 7.05 Å². The summed E-state index contributed by atoms with van der Waals surface area (Å²) in [6, 6.07) is 9.28. The van der Waals surface area contributed by atoms with Crippen LogP contribution in [0.15, 0.2) is 35.3 Å². The van der Waals surface area contributed by atoms with Gasteiger partial charge in [-0.2, -0.15) is 0 Å². The van der Waals surface area contributed by atoms with Crippen LogP contribution in [-0.2, 0) is 6.54 Å². The Morgan fingerprint density at radius 3 is 2.78 bits per heavy atom. The molecule has 4 heterocycles. The Kier molecular flexibility index (Phi) is 4.71. The first-order valence-electron chi connectivity index (χ1n) is 8.12. The predicted octanol–water partition coefficient (Wildman–Crippen LogP) is 1.83. The van der Waals surface area contributed by atoms with E-state index >= 15 is 0 Å². The van der Waals surface area contributed by atoms with Crippen LogP contribution in [0.25, 0.3) is 5.65 Å². The van der Waals surface area contributed by atoms with Gasteiger partial charge in [0.2, 0.25) is 0 Å². The van der Waals surface area contributed by atoms with Crippen LogP contribution in [0, 0.1) is 0 Å². The topological polar surface area (TPSA) is 49.6 Å². The minimum absolute atomic E-state index is 0. The number of hydrogen-bond donors (Lipinski definition) is 1. The van der Waals surface area contributed by atoms with Crippen LogP contribution in [0.1, 0.15) is 31.4 Å². The molecule has 6 heteroatoms. The summed E-state index contributed by atoms with van der Waals surface area (Å²) in [4.78, 5) is 19.2. The fourth-order valence-electron chi connectivity index (χ4n) is 3.96. The average molecular weight is 335 g/mol. The van der Waals surface area contributed by atoms with Crippen LogP contribution in [0.5, 0.6) is 0 Å². The Hall–Kier alpha value is -1.43. The summed E-state index contributed by atoms with van der Waals surface area (Å²) in [7, 11) is 2.16. The fourth-order valence-corrected chi connectivity index (χ4v) is 3.96. The minimum Gasteiger partial charge on any atom is -0.311 e. The standard InChI is InChI=1S/C17H22N4O.ClH/c1-20(15-8-12-5-6-13(9-15)18-12)11-14-10-17(22)21-7-3-2-4-16(21)19-14;/h2-4,7,10,12-13,15,18H,5-6,8-9,11H2,1H3;1H. The molecule has 0 radical (unpaired) electrons. The van der Waals surface area contributed by atoms with Crippen molar-refractivity contribution in [2.45, 2.75) is 50.4 Å². The van der Waals surface area contributed by atoms with Gasteiger partial charge in [0.25, 0.3) is 5.56 Å². The van der Waals surface area contributed by atoms with Crippen molar-refractivity contribution in [1.29, 1.82) is 0 Å². The second kappa shape index (κ2) is 6.59. The maximum atomic E-state index is 12.2. The first-order chi connectivity index (χ1) is 10.7. The summed E-state index contributed by atoms with van der Waals surface area (Å²) in [5.74, 6) is 0. The highest BCUT2D eigenvalue weighted by Crippen LogP contribution is 2.29. The molecule has 23 heavy (non-hydrogen) atoms. The van der Waals surface area contributed by atoms with Crippen LogP contribution in [0.3, 0.4) is 0 Å². The van der Waals surface area contributed by atoms with Gasteiger partial charge in [-0.1, -0.05) is 6.07 Å². The third kappa shape index (κ3) is 3.27. The van der Waals surface area contributed by atoms with Crippen LogP contribution >= 0.6 is 12.4 Å². The zero-order valence-corrected chi connectivity index (χ0v) is 14.1. The minimum atomic E-state index is -0.000574. The molecule has 4 rings (SSSR count). The van der Waals surface area contributed by atoms with Gasteiger partial charge in [0.15, 0.2) is 0 Å². The maximum Gasteiger partial charge on any atom is 0.258 e. The number of nitrogens with zero attached hydrogens (tertiary/aromatic N) is 3. The van der Waals surface area contributed by atoms with Gasteiger partial charge in [0, 0.05) is 36.9 Å². The molecule has 0 amide bonds. The number of halogens is 1. The van der Waals surface area contributed by atoms with Crippen molar-refractivity contribution in [2.24, 2.45) is 0 Å². The Labute approximate surface area is 142 Å². The van der Waals surface area contributed by atoms with Gasteiger partial charge in [0.05, 0.1) is 5.69 Å². The first kappa shape index (κ1) is 16.4. The van der Waals surface area contributed by atoms with E-state index in [-0.39, 0.29) is 18.0 Å². The normalized spacial score (nSPS) is 26.4. The van der Waals surface area contributed by atoms with Gasteiger partial charge >= 0.3 is 0 Å². The van der Waals surface area contributed by atoms with Crippen LogP contribution in [-0.4, -0.2) is 39.5 Å². The van der Waals surface area contributed by atoms with Crippen molar-refractivity contribution in [3.05, 3.63) is 46.5 Å². The summed E-state index contributed by atoms with van der Waals surface area (Å²) >= 11 is 0. The lowest BCUT2D eigenvalue weighted by atomic mass is 9.98. The van der Waals surface area contributed by atoms with E-state index in [0.29, 0.717) is 18.1 Å². The molecular weight excluding hydrogens is 312 g/mol. The number of hydrogen-bond acceptors (Lipinski definition) is 4. The lowest BCUT2D eigenvalue weighted by molar-refractivity contribution is 0.164. The van der Waals surface area contributed by atoms with Gasteiger partial charge in [-0.25, -0.2) is 4.98 Å². The zero-order valence-electron chi connectivity index (χ0n) is 13.3. The highest BCUT2D eigenvalue weighted by atomic mass is 35.5. The third-order valence-electron chi connectivity index (χ3n) is 5.11. The molecule has 2 fully saturated rings. The Morgan fingerprint density at radius 1 is 1.30 bits per heavy atom. The molecule has 2 aliphatic rings. The number of rotatable bonds is 3. The van der Waals surface area contributed by atoms with E-state index in [1.807, 2.05) is 18.2 Å². The van der Waals surface area contributed by atoms with E-state index in [2.05, 4.69) is 22.2 Å². The number of aromatic nitrogens is 2. The molecule has 2 saturated heterocycles. The fraction of sp³-hybridized carbons (Fsp3) is 0.529. The Morgan fingerprint density at radius 2 is 2.04 bits per heavy atom. The quantitative estimate of drug-likeness (QED) is 0.930. The molecule has 2 bridgehead atoms. The monoisotopic (exact) mass is 334 g/mol. The molecule has 2 aromatic heterocycles. The van der Waals surface area contributed by atoms with E-state index in [0.717, 1.165) is 17.9 Å². The summed E-state index contributed by atoms with van der Waals surface area (Å²) in [6.45, 7) is 0.741. The summed E-state index contributed by atoms with van der Waals surface area (Å²) < 4.78 is 1.59. The molecule has 2 aliphatic heterocycles. The summed E-state index contributed by atoms with van der Waals surface area (Å²) in [5.41, 5.74) is 1.59. The van der Waals surface area contributed by atoms with Crippen LogP contribution < -0.4 is 10.9 Å². The molecule has 2 atom stereocenters. The molecule has 124 valence electrons. The lowest BCUT2D eigenvalue weighted by Gasteiger charge is -2.35. The smallest absolute Gasteiger partial charge is 0.258 e. The van der Waals surface area contributed by atoms with Crippen LogP contribution in [0.2, 0.25) is 0 Å². The van der Waals surface area contributed by atoms with E-state index in [4.69, 9.17) is 0 Å². The van der Waals surface area contributed by atoms with Gasteiger partial charge < -0.3 is 5.32 Å². The van der Waals surface area contributed by atoms with Crippen molar-refractivity contribution >= 4 is 18.1 Å². The number of pyridine rings is 1. The highest BCUT2D eigenvalue weighted by molar-refractivity contribution is 5.85. The van der Waals surface area contributed by atoms with E-state index in [1.165, 1.54) is 25.7 Å². The largest absolute Gasteiger partial charge is 0.311 e. The molecule has 0 aromatic carbocycles. The SMILES string of the molecule is CN(Cc1cc(=O)n2ccccc2n1)C1CC2CCC(C1)N2.Cl. The summed E-state index contributed by atoms with van der Waals surface area (Å²) in [5, 5.41) is 3.68. The van der Waals surface area contributed by atoms with Crippen molar-refractivity contribution in [3.63, 3.8) is 0 Å². The van der Waals surface area contributed by atoms with Gasteiger partial charge in [0.1, 0.15) is 5.65 Å². The van der Waals surface area contributed by atoms with Gasteiger partial charge in [-0.15, -0.1) is 12.4 Å². The molecule has 5 nitrogen and oxygen atoms in total. The molecule has 2 unspecified atom stereocenters. The van der Waals surface area contributed by atoms with Gasteiger partial charge in [-0.05, 0) is 44.9 Å². The highest BCUT2D eigenvalue weighted by Gasteiger charge is 2.35. The van der Waals surface area contributed by atoms with E-state index < -0.39 is 0 Å². The Balaban J connectivity index is 0.00000156. The molecular formula is C17H23ClN4O. The average Bonchev–Trinajstić information content (AvgIpc) is 2.85. The van der Waals surface area contributed by atoms with Crippen molar-refractivity contribution < 1.29 is 0 Å². The van der Waals surface area contributed by atoms with Crippen LogP contribution in [0.4, 0.5) is 0 Å². The third-order valence-corrected chi connectivity index (χ3v) is 5.11. The zero-order chi connectivity index (χ0) is 15.1. The van der Waals surface area contributed by atoms with E-state index in [1.54, 1.807) is 16.7 Å². The summed E-state index contributed by atoms with van der Waals surface area (Å²) in [6.07, 6.45) is 6.80. The first-order valence-corrected chi connectivity index (χ1v) is 8.12. The van der Waals surface area contributed by atoms with Crippen molar-refractivity contribution in [1.82, 2.24) is 19.6 Å². The van der Waals surface area contributed by atoms with Crippen molar-refractivity contribution in [3.8, 4) is 0 Å². The molecule has 0 spiro atoms. The molecule has 0 saturated carbocycles. The number of fused-ring (bicyclic) bond motifs is 3. The number of nitrogens with one attached hydrogen (secondary N) is 1. The Bertz CT molecular complexity index is 735. The second-order valence-corrected chi connectivity index (χ2v) is 6.69. The van der Waals surface area contributed by atoms with E-state index in [9.17, 15) is 4.79 Å². The van der Waals surface area contributed by atoms with Gasteiger partial charge in [-0.3, -0.25) is 14.1 Å². The second-order valence-electron chi connectivity index (χ2n) is 6.69. The number of piperidine rings is 1. The lowest BCUT2D eigenvalue weighted by Crippen LogP contribution is -2.46. The maximum absolute atomic E-state index is 12.2. The molecule has 1 N–H and O–H groups in total. The molecule has 0 aliphatic carbocycles. The molecule has 2 aromatic rings.